The molecule has 9 fully saturated rings. The van der Waals surface area contributed by atoms with Crippen molar-refractivity contribution in [3.63, 3.8) is 0 Å². The Morgan fingerprint density at radius 1 is 0.370 bits per heavy atom. The first-order valence-corrected chi connectivity index (χ1v) is 42.3. The van der Waals surface area contributed by atoms with Crippen LogP contribution in [0.4, 0.5) is 17.1 Å². The number of nitrogens with two attached hydrogens (primary N) is 4. The Hall–Kier alpha value is -14.2. The predicted octanol–water partition coefficient (Wildman–Crippen LogP) is -4.09. The summed E-state index contributed by atoms with van der Waals surface area (Å²) in [5.74, 6) is -9.53. The maximum atomic E-state index is 13.3. The summed E-state index contributed by atoms with van der Waals surface area (Å²) < 4.78 is 0. The molecule has 2 aromatic heterocycles. The lowest BCUT2D eigenvalue weighted by atomic mass is 10.1. The number of hydrogen-bond donors (Lipinski definition) is 16. The smallest absolute Gasteiger partial charge is 0.247 e. The van der Waals surface area contributed by atoms with E-state index < -0.39 is 163 Å². The van der Waals surface area contributed by atoms with E-state index in [4.69, 9.17) is 22.9 Å². The number of benzene rings is 3. The highest BCUT2D eigenvalue weighted by Gasteiger charge is 2.46. The number of fused-ring (bicyclic) bond motifs is 2. The first-order chi connectivity index (χ1) is 60.9. The van der Waals surface area contributed by atoms with Crippen molar-refractivity contribution in [2.45, 2.75) is 201 Å². The molecule has 9 saturated heterocycles. The minimum atomic E-state index is -1.22. The molecule has 43 nitrogen and oxygen atoms in total. The van der Waals surface area contributed by atoms with Gasteiger partial charge in [0.15, 0.2) is 0 Å². The number of para-hydroxylation sites is 1. The highest BCUT2D eigenvalue weighted by atomic mass is 16.2. The van der Waals surface area contributed by atoms with Gasteiger partial charge in [-0.1, -0.05) is 36.4 Å². The number of likely N-dealkylation sites (tertiary alicyclic amines) is 4. The molecule has 9 aliphatic rings. The molecule has 0 spiro atoms. The third kappa shape index (κ3) is 25.1. The van der Waals surface area contributed by atoms with Crippen LogP contribution in [0.15, 0.2) is 104 Å². The molecule has 676 valence electrons. The van der Waals surface area contributed by atoms with Crippen molar-refractivity contribution in [2.75, 3.05) is 68.3 Å². The van der Waals surface area contributed by atoms with Gasteiger partial charge in [0.1, 0.15) is 72.5 Å². The molecule has 14 rings (SSSR count). The molecule has 3 aromatic carbocycles. The number of rotatable bonds is 27. The highest BCUT2D eigenvalue weighted by Crippen LogP contribution is 2.30. The fourth-order valence-electron chi connectivity index (χ4n) is 16.7. The van der Waals surface area contributed by atoms with Gasteiger partial charge in [0.2, 0.25) is 118 Å². The number of pyridine rings is 2. The van der Waals surface area contributed by atoms with Crippen LogP contribution in [0.5, 0.6) is 0 Å². The van der Waals surface area contributed by atoms with Crippen molar-refractivity contribution >= 4 is 157 Å². The monoisotopic (exact) mass is 1760 g/mol. The maximum Gasteiger partial charge on any atom is 0.247 e. The molecule has 0 saturated carbocycles. The SMILES string of the molecule is NC(=O)CC(NC(=O)C1CCC(=O)N1)C(=O)N1CCCC1C(=O)N1CCNCC1.NC(=O)CC(NC(=O)C1CCC(=O)N1)C(=O)N1CCCC1C(=O)Nc1cccc2cnccc12.NC(=O)CC(NC(=O)C1CCC(=O)N1)C(=O)N1CCCC1C(=O)Nc1cccc2ncccc12.NC(=O)CC(NC(=O)C1CCC(=O)N1)C(=O)N1CCCC1C(=O)Nc1ccccc1. The van der Waals surface area contributed by atoms with Crippen molar-refractivity contribution in [3.05, 3.63) is 104 Å². The molecular formula is C84H105N23O20. The van der Waals surface area contributed by atoms with Crippen molar-refractivity contribution in [3.8, 4) is 0 Å². The van der Waals surface area contributed by atoms with Gasteiger partial charge in [-0.3, -0.25) is 106 Å². The molecular weight excluding hydrogens is 1650 g/mol. The predicted molar refractivity (Wildman–Crippen MR) is 452 cm³/mol. The lowest BCUT2D eigenvalue weighted by Crippen LogP contribution is -2.58. The Morgan fingerprint density at radius 3 is 1.11 bits per heavy atom. The second kappa shape index (κ2) is 43.9. The van der Waals surface area contributed by atoms with Gasteiger partial charge in [-0.05, 0) is 126 Å². The summed E-state index contributed by atoms with van der Waals surface area (Å²) in [5, 5.41) is 34.4. The summed E-state index contributed by atoms with van der Waals surface area (Å²) in [7, 11) is 0. The Bertz CT molecular complexity index is 4860. The lowest BCUT2D eigenvalue weighted by Gasteiger charge is -2.34. The summed E-state index contributed by atoms with van der Waals surface area (Å²) in [6, 6.07) is 14.4. The van der Waals surface area contributed by atoms with Gasteiger partial charge in [0.05, 0.1) is 36.9 Å². The van der Waals surface area contributed by atoms with Gasteiger partial charge in [-0.15, -0.1) is 0 Å². The van der Waals surface area contributed by atoms with Crippen LogP contribution < -0.4 is 86.7 Å². The number of primary amides is 4. The standard InChI is InChI=1S/2C23H26N6O5.C20H25N5O5.C18H28N6O5/c24-19(30)12-17(28-21(32)16-8-9-20(31)26-16)23(34)29-11-3-7-18(29)22(33)27-15-6-1-5-14-13(15)4-2-10-25-14;24-19(30)11-17(28-21(32)16-6-7-20(31)26-16)23(34)29-10-2-5-18(29)22(33)27-15-4-1-3-13-12-25-9-8-14(13)15;21-16(26)11-14(24-18(28)13-8-9-17(27)23-13)20(30)25-10-4-7-15(25)19(29)22-12-5-2-1-3-6-12;19-14(25)10-12(22-16(27)11-3-4-15(26)21-11)17(28)24-7-1-2-13(24)18(29)23-8-5-20-6-9-23/h1-2,4-6,10,16-18H,3,7-9,11-12H2,(H2,24,30)(H,26,31)(H,27,33)(H,28,32);1,3-4,8-9,12,16-18H,2,5-7,10-11H2,(H2,24,30)(H,26,31)(H,27,33)(H,28,32);1-3,5-6,13-15H,4,7-11H2,(H2,21,26)(H,22,29)(H,23,27)(H,24,28);11-13,20H,1-10H2,(H2,19,25)(H,21,26)(H,22,27). The average Bonchev–Trinajstić information content (AvgIpc) is 1.69. The van der Waals surface area contributed by atoms with Gasteiger partial charge in [0.25, 0.3) is 0 Å². The van der Waals surface area contributed by atoms with Crippen LogP contribution in [0.1, 0.15) is 128 Å². The van der Waals surface area contributed by atoms with Crippen LogP contribution in [0.2, 0.25) is 0 Å². The highest BCUT2D eigenvalue weighted by molar-refractivity contribution is 6.08. The number of carbonyl (C=O) groups is 20. The third-order valence-electron chi connectivity index (χ3n) is 23.0. The Morgan fingerprint density at radius 2 is 0.732 bits per heavy atom. The van der Waals surface area contributed by atoms with E-state index in [9.17, 15) is 95.9 Å². The molecule has 5 aromatic rings. The van der Waals surface area contributed by atoms with Crippen LogP contribution in [-0.2, 0) is 95.9 Å². The second-order valence-electron chi connectivity index (χ2n) is 32.0. The van der Waals surface area contributed by atoms with Crippen molar-refractivity contribution in [1.29, 1.82) is 0 Å². The van der Waals surface area contributed by atoms with E-state index in [2.05, 4.69) is 73.8 Å². The number of carbonyl (C=O) groups excluding carboxylic acids is 20. The van der Waals surface area contributed by atoms with Crippen LogP contribution in [0.25, 0.3) is 21.7 Å². The van der Waals surface area contributed by atoms with E-state index in [1.54, 1.807) is 84.2 Å². The molecule has 9 aliphatic heterocycles. The Balaban J connectivity index is 0.000000165. The zero-order valence-corrected chi connectivity index (χ0v) is 69.6. The zero-order valence-electron chi connectivity index (χ0n) is 69.6. The topological polar surface area (TPSA) is 632 Å². The summed E-state index contributed by atoms with van der Waals surface area (Å²) in [5.41, 5.74) is 23.7. The Kier molecular flexibility index (Phi) is 32.4. The number of amides is 20. The largest absolute Gasteiger partial charge is 0.370 e. The number of piperazine rings is 1. The molecule has 0 aliphatic carbocycles. The molecule has 20 amide bonds. The number of nitrogens with zero attached hydrogens (tertiary/aromatic N) is 7. The average molecular weight is 1760 g/mol. The molecule has 0 radical (unpaired) electrons. The molecule has 20 N–H and O–H groups in total. The number of aromatic nitrogens is 2. The van der Waals surface area contributed by atoms with E-state index >= 15 is 0 Å². The van der Waals surface area contributed by atoms with Crippen LogP contribution in [0.3, 0.4) is 0 Å². The van der Waals surface area contributed by atoms with Crippen LogP contribution >= 0.6 is 0 Å². The molecule has 11 heterocycles. The van der Waals surface area contributed by atoms with Crippen molar-refractivity contribution < 1.29 is 95.9 Å². The van der Waals surface area contributed by atoms with Gasteiger partial charge < -0.3 is 111 Å². The molecule has 12 unspecified atom stereocenters. The van der Waals surface area contributed by atoms with Gasteiger partial charge in [0, 0.05) is 124 Å². The van der Waals surface area contributed by atoms with Gasteiger partial charge in [-0.2, -0.15) is 0 Å². The molecule has 127 heavy (non-hydrogen) atoms. The van der Waals surface area contributed by atoms with E-state index in [0.29, 0.717) is 146 Å². The number of nitrogens with one attached hydrogen (secondary N) is 12. The summed E-state index contributed by atoms with van der Waals surface area (Å²) in [4.78, 5) is 262. The quantitative estimate of drug-likeness (QED) is 0.0238. The minimum absolute atomic E-state index is 0.107. The van der Waals surface area contributed by atoms with E-state index in [1.165, 1.54) is 19.6 Å². The first kappa shape index (κ1) is 93.5. The fraction of sp³-hybridized carbons (Fsp3) is 0.476. The van der Waals surface area contributed by atoms with Gasteiger partial charge >= 0.3 is 0 Å². The van der Waals surface area contributed by atoms with Crippen LogP contribution in [0, 0.1) is 0 Å². The second-order valence-corrected chi connectivity index (χ2v) is 32.0. The van der Waals surface area contributed by atoms with E-state index in [-0.39, 0.29) is 79.4 Å². The normalized spacial score (nSPS) is 21.9. The first-order valence-electron chi connectivity index (χ1n) is 42.3. The zero-order chi connectivity index (χ0) is 91.1. The Labute approximate surface area is 727 Å². The fourth-order valence-corrected chi connectivity index (χ4v) is 16.7. The van der Waals surface area contributed by atoms with Crippen molar-refractivity contribution in [1.82, 2.24) is 82.3 Å². The molecule has 43 heteroatoms. The number of anilines is 3. The van der Waals surface area contributed by atoms with Gasteiger partial charge in [-0.25, -0.2) is 0 Å². The lowest BCUT2D eigenvalue weighted by molar-refractivity contribution is -0.146. The molecule has 0 bridgehead atoms. The van der Waals surface area contributed by atoms with E-state index in [0.717, 1.165) is 21.7 Å². The number of hydrogen-bond acceptors (Lipinski definition) is 23. The summed E-state index contributed by atoms with van der Waals surface area (Å²) in [6.07, 6.45) is 9.93. The van der Waals surface area contributed by atoms with E-state index in [1.807, 2.05) is 24.3 Å². The summed E-state index contributed by atoms with van der Waals surface area (Å²) >= 11 is 0. The maximum absolute atomic E-state index is 13.3. The minimum Gasteiger partial charge on any atom is -0.370 e. The van der Waals surface area contributed by atoms with Crippen LogP contribution in [-0.4, -0.2) is 277 Å². The summed E-state index contributed by atoms with van der Waals surface area (Å²) in [6.45, 7) is 3.91. The molecule has 12 atom stereocenters. The third-order valence-corrected chi connectivity index (χ3v) is 23.0. The van der Waals surface area contributed by atoms with Crippen molar-refractivity contribution in [2.24, 2.45) is 22.9 Å².